The van der Waals surface area contributed by atoms with Crippen LogP contribution in [0, 0.1) is 17.1 Å². The van der Waals surface area contributed by atoms with Gasteiger partial charge in [-0.3, -0.25) is 0 Å². The van der Waals surface area contributed by atoms with Crippen molar-refractivity contribution >= 4 is 10.0 Å². The molecule has 0 saturated carbocycles. The molecule has 4 nitrogen and oxygen atoms in total. The zero-order valence-electron chi connectivity index (χ0n) is 11.7. The first-order chi connectivity index (χ1) is 9.16. The normalized spacial score (nSPS) is 12.2. The van der Waals surface area contributed by atoms with E-state index in [1.54, 1.807) is 26.8 Å². The highest BCUT2D eigenvalue weighted by atomic mass is 32.2. The van der Waals surface area contributed by atoms with Gasteiger partial charge in [0.15, 0.2) is 0 Å². The van der Waals surface area contributed by atoms with E-state index in [-0.39, 0.29) is 11.4 Å². The van der Waals surface area contributed by atoms with Crippen molar-refractivity contribution in [2.24, 2.45) is 0 Å². The third-order valence-corrected chi connectivity index (χ3v) is 4.87. The molecule has 6 heteroatoms. The predicted octanol–water partition coefficient (Wildman–Crippen LogP) is 2.67. The molecule has 0 aromatic heterocycles. The number of halogens is 1. The second-order valence-electron chi connectivity index (χ2n) is 5.22. The van der Waals surface area contributed by atoms with Crippen molar-refractivity contribution in [1.82, 2.24) is 4.31 Å². The Labute approximate surface area is 119 Å². The van der Waals surface area contributed by atoms with Gasteiger partial charge in [-0.25, -0.2) is 12.8 Å². The van der Waals surface area contributed by atoms with Crippen LogP contribution in [0.15, 0.2) is 35.7 Å². The lowest BCUT2D eigenvalue weighted by molar-refractivity contribution is 0.269. The van der Waals surface area contributed by atoms with Gasteiger partial charge in [-0.05, 0) is 32.9 Å². The molecule has 0 aliphatic carbocycles. The van der Waals surface area contributed by atoms with E-state index in [1.165, 1.54) is 22.5 Å². The molecule has 108 valence electrons. The molecule has 0 aliphatic rings. The Balaban J connectivity index is 3.54. The molecule has 0 aliphatic heterocycles. The summed E-state index contributed by atoms with van der Waals surface area (Å²) in [5, 5.41) is 8.98. The van der Waals surface area contributed by atoms with Gasteiger partial charge >= 0.3 is 0 Å². The van der Waals surface area contributed by atoms with Crippen molar-refractivity contribution in [3.63, 3.8) is 0 Å². The van der Waals surface area contributed by atoms with E-state index in [2.05, 4.69) is 6.58 Å². The third-order valence-electron chi connectivity index (χ3n) is 2.70. The predicted molar refractivity (Wildman–Crippen MR) is 75.0 cm³/mol. The van der Waals surface area contributed by atoms with Crippen LogP contribution in [0.4, 0.5) is 4.39 Å². The maximum atomic E-state index is 13.6. The second kappa shape index (κ2) is 5.73. The molecule has 0 bridgehead atoms. The summed E-state index contributed by atoms with van der Waals surface area (Å²) in [5.41, 5.74) is -1.18. The fourth-order valence-corrected chi connectivity index (χ4v) is 3.71. The number of hydrogen-bond acceptors (Lipinski definition) is 3. The van der Waals surface area contributed by atoms with Crippen LogP contribution >= 0.6 is 0 Å². The quantitative estimate of drug-likeness (QED) is 0.803. The lowest BCUT2D eigenvalue weighted by atomic mass is 10.1. The molecular weight excluding hydrogens is 279 g/mol. The highest BCUT2D eigenvalue weighted by molar-refractivity contribution is 7.89. The van der Waals surface area contributed by atoms with Crippen molar-refractivity contribution in [2.45, 2.75) is 31.2 Å². The van der Waals surface area contributed by atoms with E-state index in [0.29, 0.717) is 0 Å². The summed E-state index contributed by atoms with van der Waals surface area (Å²) < 4.78 is 40.1. The van der Waals surface area contributed by atoms with E-state index in [4.69, 9.17) is 5.26 Å². The first-order valence-corrected chi connectivity index (χ1v) is 7.42. The minimum absolute atomic E-state index is 0.0766. The topological polar surface area (TPSA) is 61.2 Å². The van der Waals surface area contributed by atoms with Crippen molar-refractivity contribution < 1.29 is 12.8 Å². The van der Waals surface area contributed by atoms with Crippen LogP contribution < -0.4 is 0 Å². The largest absolute Gasteiger partial charge is 0.245 e. The van der Waals surface area contributed by atoms with Gasteiger partial charge in [0, 0.05) is 12.1 Å². The van der Waals surface area contributed by atoms with E-state index in [1.807, 2.05) is 0 Å². The maximum absolute atomic E-state index is 13.6. The number of nitrogens with zero attached hydrogens (tertiary/aromatic N) is 2. The average molecular weight is 296 g/mol. The number of benzene rings is 1. The Hall–Kier alpha value is -1.71. The highest BCUT2D eigenvalue weighted by Gasteiger charge is 2.35. The Morgan fingerprint density at radius 1 is 1.45 bits per heavy atom. The number of hydrogen-bond donors (Lipinski definition) is 0. The Bertz CT molecular complexity index is 655. The molecule has 1 aromatic rings. The fourth-order valence-electron chi connectivity index (χ4n) is 1.80. The van der Waals surface area contributed by atoms with Gasteiger partial charge in [-0.1, -0.05) is 12.1 Å². The van der Waals surface area contributed by atoms with Gasteiger partial charge in [0.05, 0.1) is 0 Å². The maximum Gasteiger partial charge on any atom is 0.245 e. The third kappa shape index (κ3) is 3.06. The molecule has 0 N–H and O–H groups in total. The highest BCUT2D eigenvalue weighted by Crippen LogP contribution is 2.27. The Morgan fingerprint density at radius 3 is 2.50 bits per heavy atom. The van der Waals surface area contributed by atoms with Gasteiger partial charge in [-0.2, -0.15) is 9.57 Å². The summed E-state index contributed by atoms with van der Waals surface area (Å²) in [5.74, 6) is -0.846. The van der Waals surface area contributed by atoms with E-state index in [9.17, 15) is 12.8 Å². The fraction of sp³-hybridized carbons (Fsp3) is 0.357. The SMILES string of the molecule is C=CCN(C(C)(C)C)S(=O)(=O)c1cccc(F)c1C#N. The van der Waals surface area contributed by atoms with Crippen LogP contribution in [-0.2, 0) is 10.0 Å². The monoisotopic (exact) mass is 296 g/mol. The van der Waals surface area contributed by atoms with Gasteiger partial charge < -0.3 is 0 Å². The molecule has 0 amide bonds. The minimum atomic E-state index is -3.99. The molecule has 0 spiro atoms. The summed E-state index contributed by atoms with van der Waals surface area (Å²) in [6.07, 6.45) is 1.45. The zero-order chi connectivity index (χ0) is 15.6. The summed E-state index contributed by atoms with van der Waals surface area (Å²) in [7, 11) is -3.99. The van der Waals surface area contributed by atoms with Crippen molar-refractivity contribution in [3.05, 3.63) is 42.2 Å². The number of nitriles is 1. The standard InChI is InChI=1S/C14H17FN2O2S/c1-5-9-17(14(2,3)4)20(18,19)13-8-6-7-12(15)11(13)10-16/h5-8H,1,9H2,2-4H3. The van der Waals surface area contributed by atoms with Crippen molar-refractivity contribution in [1.29, 1.82) is 5.26 Å². The molecule has 0 heterocycles. The van der Waals surface area contributed by atoms with Gasteiger partial charge in [0.25, 0.3) is 0 Å². The summed E-state index contributed by atoms with van der Waals surface area (Å²) in [6.45, 7) is 8.78. The summed E-state index contributed by atoms with van der Waals surface area (Å²) in [6, 6.07) is 5.18. The zero-order valence-corrected chi connectivity index (χ0v) is 12.5. The molecule has 20 heavy (non-hydrogen) atoms. The average Bonchev–Trinajstić information content (AvgIpc) is 2.34. The van der Waals surface area contributed by atoms with Crippen molar-refractivity contribution in [2.75, 3.05) is 6.54 Å². The van der Waals surface area contributed by atoms with Crippen LogP contribution in [0.1, 0.15) is 26.3 Å². The van der Waals surface area contributed by atoms with Crippen LogP contribution in [0.25, 0.3) is 0 Å². The van der Waals surface area contributed by atoms with Crippen LogP contribution in [0.3, 0.4) is 0 Å². The summed E-state index contributed by atoms with van der Waals surface area (Å²) in [4.78, 5) is -0.322. The van der Waals surface area contributed by atoms with Crippen LogP contribution in [0.5, 0.6) is 0 Å². The van der Waals surface area contributed by atoms with Crippen LogP contribution in [0.2, 0.25) is 0 Å². The van der Waals surface area contributed by atoms with E-state index >= 15 is 0 Å². The van der Waals surface area contributed by atoms with Gasteiger partial charge in [-0.15, -0.1) is 6.58 Å². The molecular formula is C14H17FN2O2S. The van der Waals surface area contributed by atoms with E-state index < -0.39 is 26.9 Å². The number of sulfonamides is 1. The first kappa shape index (κ1) is 16.3. The second-order valence-corrected chi connectivity index (χ2v) is 7.05. The van der Waals surface area contributed by atoms with Gasteiger partial charge in [0.2, 0.25) is 10.0 Å². The minimum Gasteiger partial charge on any atom is -0.207 e. The Morgan fingerprint density at radius 2 is 2.05 bits per heavy atom. The smallest absolute Gasteiger partial charge is 0.207 e. The van der Waals surface area contributed by atoms with Crippen LogP contribution in [-0.4, -0.2) is 24.8 Å². The van der Waals surface area contributed by atoms with Gasteiger partial charge in [0.1, 0.15) is 22.3 Å². The molecule has 1 aromatic carbocycles. The van der Waals surface area contributed by atoms with Crippen molar-refractivity contribution in [3.8, 4) is 6.07 Å². The van der Waals surface area contributed by atoms with E-state index in [0.717, 1.165) is 6.07 Å². The molecule has 1 rings (SSSR count). The molecule has 0 fully saturated rings. The lowest BCUT2D eigenvalue weighted by Gasteiger charge is -2.33. The summed E-state index contributed by atoms with van der Waals surface area (Å²) >= 11 is 0. The number of rotatable bonds is 4. The molecule has 0 saturated heterocycles. The Kier molecular flexibility index (Phi) is 4.69. The molecule has 0 radical (unpaired) electrons. The first-order valence-electron chi connectivity index (χ1n) is 5.98. The molecule has 0 atom stereocenters. The molecule has 0 unspecified atom stereocenters. The lowest BCUT2D eigenvalue weighted by Crippen LogP contribution is -2.45.